The zero-order chi connectivity index (χ0) is 26.9. The maximum atomic E-state index is 12.7. The molecule has 200 valence electrons. The highest BCUT2D eigenvalue weighted by Crippen LogP contribution is 2.40. The standard InChI is InChI=1S/C30H32O8/c1-20-15-25(36-18-21-9-5-4-6-10-21)26(16-23(20)19-37-27-11-7-8-14-35-27)38-24-13-12-22(17-31)29(33-2)28(24)30(32)34-3/h4-6,9-10,12-13,15-17,27H,7-8,11,14,18-19H2,1-3H3. The van der Waals surface area contributed by atoms with Crippen molar-refractivity contribution >= 4 is 12.3 Å². The SMILES string of the molecule is COC(=O)c1c(Oc2cc(COC3CCCCO3)c(C)cc2OCc2ccccc2)ccc(C=O)c1OC. The highest BCUT2D eigenvalue weighted by molar-refractivity contribution is 5.99. The molecule has 3 aromatic carbocycles. The average Bonchev–Trinajstić information content (AvgIpc) is 2.96. The molecule has 0 aliphatic carbocycles. The van der Waals surface area contributed by atoms with E-state index in [-0.39, 0.29) is 28.9 Å². The monoisotopic (exact) mass is 520 g/mol. The second kappa shape index (κ2) is 13.1. The first kappa shape index (κ1) is 27.2. The Bertz CT molecular complexity index is 1250. The number of aryl methyl sites for hydroxylation is 1. The molecule has 1 unspecified atom stereocenters. The van der Waals surface area contributed by atoms with Crippen LogP contribution in [-0.2, 0) is 27.4 Å². The van der Waals surface area contributed by atoms with Crippen LogP contribution in [0.5, 0.6) is 23.0 Å². The van der Waals surface area contributed by atoms with Crippen LogP contribution in [0.1, 0.15) is 56.7 Å². The smallest absolute Gasteiger partial charge is 0.345 e. The Morgan fingerprint density at radius 1 is 1.00 bits per heavy atom. The molecule has 8 nitrogen and oxygen atoms in total. The van der Waals surface area contributed by atoms with Gasteiger partial charge in [-0.05, 0) is 67.1 Å². The van der Waals surface area contributed by atoms with Crippen molar-refractivity contribution in [2.45, 2.75) is 45.7 Å². The Balaban J connectivity index is 1.69. The van der Waals surface area contributed by atoms with E-state index in [0.29, 0.717) is 37.6 Å². The summed E-state index contributed by atoms with van der Waals surface area (Å²) < 4.78 is 34.5. The van der Waals surface area contributed by atoms with Crippen molar-refractivity contribution in [3.63, 3.8) is 0 Å². The van der Waals surface area contributed by atoms with Gasteiger partial charge in [-0.25, -0.2) is 4.79 Å². The zero-order valence-corrected chi connectivity index (χ0v) is 21.9. The fourth-order valence-corrected chi connectivity index (χ4v) is 4.20. The maximum Gasteiger partial charge on any atom is 0.345 e. The molecule has 4 rings (SSSR count). The van der Waals surface area contributed by atoms with Gasteiger partial charge in [0.1, 0.15) is 23.7 Å². The molecule has 0 radical (unpaired) electrons. The zero-order valence-electron chi connectivity index (χ0n) is 21.9. The van der Waals surface area contributed by atoms with Crippen molar-refractivity contribution in [1.29, 1.82) is 0 Å². The Kier molecular flexibility index (Phi) is 9.35. The summed E-state index contributed by atoms with van der Waals surface area (Å²) >= 11 is 0. The lowest BCUT2D eigenvalue weighted by atomic mass is 10.1. The predicted octanol–water partition coefficient (Wildman–Crippen LogP) is 6.02. The minimum absolute atomic E-state index is 0.00240. The number of esters is 1. The van der Waals surface area contributed by atoms with Crippen molar-refractivity contribution in [1.82, 2.24) is 0 Å². The van der Waals surface area contributed by atoms with Crippen LogP contribution in [0.25, 0.3) is 0 Å². The van der Waals surface area contributed by atoms with Crippen molar-refractivity contribution in [2.75, 3.05) is 20.8 Å². The summed E-state index contributed by atoms with van der Waals surface area (Å²) in [5, 5.41) is 0. The summed E-state index contributed by atoms with van der Waals surface area (Å²) in [5.74, 6) is 0.396. The third kappa shape index (κ3) is 6.51. The lowest BCUT2D eigenvalue weighted by Crippen LogP contribution is -2.22. The van der Waals surface area contributed by atoms with Gasteiger partial charge in [-0.3, -0.25) is 4.79 Å². The lowest BCUT2D eigenvalue weighted by Gasteiger charge is -2.23. The summed E-state index contributed by atoms with van der Waals surface area (Å²) in [4.78, 5) is 24.3. The number of aldehydes is 1. The van der Waals surface area contributed by atoms with Gasteiger partial charge in [-0.2, -0.15) is 0 Å². The Morgan fingerprint density at radius 2 is 1.82 bits per heavy atom. The topological polar surface area (TPSA) is 89.5 Å². The van der Waals surface area contributed by atoms with Crippen LogP contribution in [0, 0.1) is 6.92 Å². The molecule has 1 aliphatic heterocycles. The third-order valence-corrected chi connectivity index (χ3v) is 6.29. The predicted molar refractivity (Wildman–Crippen MR) is 140 cm³/mol. The fourth-order valence-electron chi connectivity index (χ4n) is 4.20. The van der Waals surface area contributed by atoms with E-state index in [1.165, 1.54) is 26.4 Å². The van der Waals surface area contributed by atoms with Crippen LogP contribution in [0.15, 0.2) is 54.6 Å². The molecular weight excluding hydrogens is 488 g/mol. The normalized spacial score (nSPS) is 15.0. The number of hydrogen-bond donors (Lipinski definition) is 0. The number of carbonyl (C=O) groups is 2. The van der Waals surface area contributed by atoms with Crippen LogP contribution in [0.2, 0.25) is 0 Å². The molecule has 0 N–H and O–H groups in total. The summed E-state index contributed by atoms with van der Waals surface area (Å²) in [5.41, 5.74) is 3.04. The van der Waals surface area contributed by atoms with E-state index in [9.17, 15) is 9.59 Å². The third-order valence-electron chi connectivity index (χ3n) is 6.29. The van der Waals surface area contributed by atoms with Gasteiger partial charge in [0.25, 0.3) is 0 Å². The largest absolute Gasteiger partial charge is 0.495 e. The van der Waals surface area contributed by atoms with E-state index in [0.717, 1.165) is 36.0 Å². The molecule has 1 heterocycles. The molecule has 0 spiro atoms. The first-order chi connectivity index (χ1) is 18.5. The minimum atomic E-state index is -0.697. The molecule has 1 saturated heterocycles. The van der Waals surface area contributed by atoms with Crippen molar-refractivity contribution in [2.24, 2.45) is 0 Å². The molecule has 1 aliphatic rings. The van der Waals surface area contributed by atoms with E-state index in [1.54, 1.807) is 0 Å². The second-order valence-electron chi connectivity index (χ2n) is 8.88. The average molecular weight is 521 g/mol. The summed E-state index contributed by atoms with van der Waals surface area (Å²) in [6, 6.07) is 16.5. The minimum Gasteiger partial charge on any atom is -0.495 e. The Hall–Kier alpha value is -3.88. The molecule has 1 atom stereocenters. The van der Waals surface area contributed by atoms with Gasteiger partial charge in [0.2, 0.25) is 0 Å². The fraction of sp³-hybridized carbons (Fsp3) is 0.333. The van der Waals surface area contributed by atoms with Gasteiger partial charge in [0.05, 0.1) is 26.4 Å². The van der Waals surface area contributed by atoms with Gasteiger partial charge in [-0.1, -0.05) is 30.3 Å². The first-order valence-electron chi connectivity index (χ1n) is 12.5. The van der Waals surface area contributed by atoms with Gasteiger partial charge < -0.3 is 28.4 Å². The Morgan fingerprint density at radius 3 is 2.50 bits per heavy atom. The summed E-state index contributed by atoms with van der Waals surface area (Å²) in [7, 11) is 2.63. The summed E-state index contributed by atoms with van der Waals surface area (Å²) in [6.45, 7) is 3.31. The van der Waals surface area contributed by atoms with Crippen molar-refractivity contribution in [3.05, 3.63) is 82.4 Å². The van der Waals surface area contributed by atoms with Gasteiger partial charge in [0.15, 0.2) is 24.1 Å². The highest BCUT2D eigenvalue weighted by Gasteiger charge is 2.25. The number of benzene rings is 3. The molecule has 0 amide bonds. The van der Waals surface area contributed by atoms with Crippen LogP contribution >= 0.6 is 0 Å². The Labute approximate surface area is 222 Å². The second-order valence-corrected chi connectivity index (χ2v) is 8.88. The molecule has 38 heavy (non-hydrogen) atoms. The molecule has 3 aromatic rings. The first-order valence-corrected chi connectivity index (χ1v) is 12.5. The van der Waals surface area contributed by atoms with E-state index >= 15 is 0 Å². The quantitative estimate of drug-likeness (QED) is 0.224. The molecule has 0 saturated carbocycles. The molecule has 8 heteroatoms. The van der Waals surface area contributed by atoms with Crippen LogP contribution in [-0.4, -0.2) is 39.4 Å². The van der Waals surface area contributed by atoms with Gasteiger partial charge in [0, 0.05) is 6.61 Å². The van der Waals surface area contributed by atoms with Crippen molar-refractivity contribution in [3.8, 4) is 23.0 Å². The van der Waals surface area contributed by atoms with Crippen LogP contribution in [0.4, 0.5) is 0 Å². The number of rotatable bonds is 11. The van der Waals surface area contributed by atoms with E-state index < -0.39 is 5.97 Å². The van der Waals surface area contributed by atoms with E-state index in [2.05, 4.69) is 0 Å². The summed E-state index contributed by atoms with van der Waals surface area (Å²) in [6.07, 6.45) is 3.33. The molecular formula is C30H32O8. The number of methoxy groups -OCH3 is 2. The highest BCUT2D eigenvalue weighted by atomic mass is 16.7. The number of ether oxygens (including phenoxy) is 6. The van der Waals surface area contributed by atoms with E-state index in [1.807, 2.05) is 49.4 Å². The van der Waals surface area contributed by atoms with Crippen molar-refractivity contribution < 1.29 is 38.0 Å². The van der Waals surface area contributed by atoms with E-state index in [4.69, 9.17) is 28.4 Å². The van der Waals surface area contributed by atoms with Gasteiger partial charge in [-0.15, -0.1) is 0 Å². The molecule has 0 bridgehead atoms. The van der Waals surface area contributed by atoms with Gasteiger partial charge >= 0.3 is 5.97 Å². The van der Waals surface area contributed by atoms with Crippen LogP contribution < -0.4 is 14.2 Å². The van der Waals surface area contributed by atoms with Crippen LogP contribution in [0.3, 0.4) is 0 Å². The number of carbonyl (C=O) groups excluding carboxylic acids is 2. The molecule has 1 fully saturated rings. The maximum absolute atomic E-state index is 12.7. The lowest BCUT2D eigenvalue weighted by molar-refractivity contribution is -0.169. The molecule has 0 aromatic heterocycles. The number of hydrogen-bond acceptors (Lipinski definition) is 8.